The molecule has 0 atom stereocenters. The minimum absolute atomic E-state index is 0.154. The summed E-state index contributed by atoms with van der Waals surface area (Å²) in [6.45, 7) is 4.11. The fourth-order valence-electron chi connectivity index (χ4n) is 3.77. The van der Waals surface area contributed by atoms with Crippen molar-refractivity contribution in [3.8, 4) is 11.5 Å². The number of hydrogen-bond donors (Lipinski definition) is 1. The molecule has 1 heterocycles. The third-order valence-electron chi connectivity index (χ3n) is 5.37. The second kappa shape index (κ2) is 10.3. The molecule has 3 aromatic rings. The third-order valence-corrected chi connectivity index (χ3v) is 6.09. The number of barbiturate groups is 1. The molecular formula is C27H23IN2O5. The number of aryl methyl sites for hydroxylation is 2. The third kappa shape index (κ3) is 5.54. The summed E-state index contributed by atoms with van der Waals surface area (Å²) < 4.78 is 12.5. The van der Waals surface area contributed by atoms with Gasteiger partial charge >= 0.3 is 6.03 Å². The molecule has 1 fully saturated rings. The van der Waals surface area contributed by atoms with Gasteiger partial charge in [-0.3, -0.25) is 14.9 Å². The lowest BCUT2D eigenvalue weighted by molar-refractivity contribution is -0.122. The molecule has 8 heteroatoms. The minimum atomic E-state index is -0.779. The van der Waals surface area contributed by atoms with Crippen LogP contribution in [0.3, 0.4) is 0 Å². The molecule has 0 radical (unpaired) electrons. The predicted octanol–water partition coefficient (Wildman–Crippen LogP) is 5.16. The zero-order valence-electron chi connectivity index (χ0n) is 19.4. The first-order valence-corrected chi connectivity index (χ1v) is 11.9. The van der Waals surface area contributed by atoms with Gasteiger partial charge in [0.25, 0.3) is 11.8 Å². The topological polar surface area (TPSA) is 84.9 Å². The van der Waals surface area contributed by atoms with Gasteiger partial charge in [-0.15, -0.1) is 0 Å². The number of rotatable bonds is 6. The quantitative estimate of drug-likeness (QED) is 0.247. The molecule has 1 N–H and O–H groups in total. The van der Waals surface area contributed by atoms with Gasteiger partial charge in [-0.1, -0.05) is 24.3 Å². The lowest BCUT2D eigenvalue weighted by atomic mass is 10.0. The van der Waals surface area contributed by atoms with Gasteiger partial charge in [0.2, 0.25) is 0 Å². The van der Waals surface area contributed by atoms with Crippen molar-refractivity contribution in [3.05, 3.63) is 92.1 Å². The number of imide groups is 2. The standard InChI is InChI=1S/C27H23IN2O5/c1-16-10-17(2)12-21(11-16)30-26(32)22(25(31)29-27(30)33)13-19-6-9-23(24(14-19)34-3)35-15-18-4-7-20(28)8-5-18/h4-14H,15H2,1-3H3,(H,29,31,33)/b22-13+. The van der Waals surface area contributed by atoms with E-state index in [1.165, 1.54) is 13.2 Å². The number of anilines is 1. The molecule has 7 nitrogen and oxygen atoms in total. The maximum Gasteiger partial charge on any atom is 0.335 e. The van der Waals surface area contributed by atoms with Gasteiger partial charge in [0.15, 0.2) is 11.5 Å². The highest BCUT2D eigenvalue weighted by Crippen LogP contribution is 2.31. The van der Waals surface area contributed by atoms with Crippen molar-refractivity contribution in [1.29, 1.82) is 0 Å². The molecule has 4 amide bonds. The number of carbonyl (C=O) groups excluding carboxylic acids is 3. The monoisotopic (exact) mass is 582 g/mol. The van der Waals surface area contributed by atoms with Gasteiger partial charge in [-0.2, -0.15) is 0 Å². The molecule has 1 saturated heterocycles. The number of nitrogens with zero attached hydrogens (tertiary/aromatic N) is 1. The number of nitrogens with one attached hydrogen (secondary N) is 1. The maximum absolute atomic E-state index is 13.2. The van der Waals surface area contributed by atoms with Crippen molar-refractivity contribution in [2.75, 3.05) is 12.0 Å². The number of halogens is 1. The van der Waals surface area contributed by atoms with Gasteiger partial charge in [0.05, 0.1) is 12.8 Å². The highest BCUT2D eigenvalue weighted by Gasteiger charge is 2.37. The zero-order valence-corrected chi connectivity index (χ0v) is 21.6. The van der Waals surface area contributed by atoms with Crippen LogP contribution >= 0.6 is 22.6 Å². The van der Waals surface area contributed by atoms with E-state index in [0.717, 1.165) is 25.2 Å². The Labute approximate surface area is 216 Å². The Balaban J connectivity index is 1.60. The molecule has 4 rings (SSSR count). The molecule has 0 spiro atoms. The van der Waals surface area contributed by atoms with Crippen molar-refractivity contribution >= 4 is 52.2 Å². The normalized spacial score (nSPS) is 14.8. The summed E-state index contributed by atoms with van der Waals surface area (Å²) in [6.07, 6.45) is 1.44. The van der Waals surface area contributed by atoms with E-state index < -0.39 is 17.8 Å². The van der Waals surface area contributed by atoms with E-state index >= 15 is 0 Å². The molecule has 1 aliphatic heterocycles. The fourth-order valence-corrected chi connectivity index (χ4v) is 4.13. The van der Waals surface area contributed by atoms with E-state index in [1.807, 2.05) is 44.2 Å². The van der Waals surface area contributed by atoms with E-state index in [2.05, 4.69) is 27.9 Å². The molecule has 1 aliphatic rings. The van der Waals surface area contributed by atoms with Crippen LogP contribution in [0, 0.1) is 17.4 Å². The number of hydrogen-bond acceptors (Lipinski definition) is 5. The first-order valence-electron chi connectivity index (χ1n) is 10.8. The van der Waals surface area contributed by atoms with Crippen LogP contribution in [0.25, 0.3) is 6.08 Å². The molecule has 0 aromatic heterocycles. The average molecular weight is 582 g/mol. The van der Waals surface area contributed by atoms with Crippen molar-refractivity contribution in [1.82, 2.24) is 5.32 Å². The SMILES string of the molecule is COc1cc(/C=C2\C(=O)NC(=O)N(c3cc(C)cc(C)c3)C2=O)ccc1OCc1ccc(I)cc1. The van der Waals surface area contributed by atoms with Crippen LogP contribution in [-0.2, 0) is 16.2 Å². The van der Waals surface area contributed by atoms with Crippen molar-refractivity contribution in [2.24, 2.45) is 0 Å². The molecule has 3 aromatic carbocycles. The predicted molar refractivity (Wildman–Crippen MR) is 141 cm³/mol. The molecule has 178 valence electrons. The summed E-state index contributed by atoms with van der Waals surface area (Å²) >= 11 is 2.24. The van der Waals surface area contributed by atoms with Crippen LogP contribution in [0.4, 0.5) is 10.5 Å². The largest absolute Gasteiger partial charge is 0.493 e. The summed E-state index contributed by atoms with van der Waals surface area (Å²) in [6, 6.07) is 17.7. The number of urea groups is 1. The van der Waals surface area contributed by atoms with Crippen molar-refractivity contribution < 1.29 is 23.9 Å². The van der Waals surface area contributed by atoms with Crippen LogP contribution < -0.4 is 19.7 Å². The zero-order chi connectivity index (χ0) is 25.1. The molecular weight excluding hydrogens is 559 g/mol. The van der Waals surface area contributed by atoms with Gasteiger partial charge in [0, 0.05) is 3.57 Å². The Hall–Kier alpha value is -3.66. The molecule has 35 heavy (non-hydrogen) atoms. The molecule has 0 unspecified atom stereocenters. The lowest BCUT2D eigenvalue weighted by Crippen LogP contribution is -2.54. The Bertz CT molecular complexity index is 1330. The van der Waals surface area contributed by atoms with Crippen LogP contribution in [0.2, 0.25) is 0 Å². The summed E-state index contributed by atoms with van der Waals surface area (Å²) in [4.78, 5) is 39.2. The first-order chi connectivity index (χ1) is 16.7. The smallest absolute Gasteiger partial charge is 0.335 e. The van der Waals surface area contributed by atoms with E-state index in [9.17, 15) is 14.4 Å². The van der Waals surface area contributed by atoms with E-state index in [0.29, 0.717) is 29.4 Å². The Kier molecular flexibility index (Phi) is 7.20. The number of amides is 4. The van der Waals surface area contributed by atoms with E-state index in [-0.39, 0.29) is 5.57 Å². The molecule has 0 aliphatic carbocycles. The number of carbonyl (C=O) groups is 3. The number of methoxy groups -OCH3 is 1. The average Bonchev–Trinajstić information content (AvgIpc) is 2.81. The highest BCUT2D eigenvalue weighted by atomic mass is 127. The summed E-state index contributed by atoms with van der Waals surface area (Å²) in [5.74, 6) is -0.462. The van der Waals surface area contributed by atoms with Crippen molar-refractivity contribution in [3.63, 3.8) is 0 Å². The first kappa shape index (κ1) is 24.5. The minimum Gasteiger partial charge on any atom is -0.493 e. The Morgan fingerprint density at radius 1 is 0.914 bits per heavy atom. The molecule has 0 saturated carbocycles. The Morgan fingerprint density at radius 2 is 1.60 bits per heavy atom. The van der Waals surface area contributed by atoms with Crippen LogP contribution in [0.15, 0.2) is 66.2 Å². The molecule has 0 bridgehead atoms. The fraction of sp³-hybridized carbons (Fsp3) is 0.148. The van der Waals surface area contributed by atoms with Gasteiger partial charge in [0.1, 0.15) is 12.2 Å². The Morgan fingerprint density at radius 3 is 2.26 bits per heavy atom. The highest BCUT2D eigenvalue weighted by molar-refractivity contribution is 14.1. The van der Waals surface area contributed by atoms with Crippen molar-refractivity contribution in [2.45, 2.75) is 20.5 Å². The number of ether oxygens (including phenoxy) is 2. The van der Waals surface area contributed by atoms with Crippen LogP contribution in [-0.4, -0.2) is 25.0 Å². The van der Waals surface area contributed by atoms with Gasteiger partial charge in [-0.25, -0.2) is 9.69 Å². The van der Waals surface area contributed by atoms with Gasteiger partial charge in [-0.05, 0) is 101 Å². The summed E-state index contributed by atoms with van der Waals surface area (Å²) in [5.41, 5.74) is 3.61. The van der Waals surface area contributed by atoms with Crippen LogP contribution in [0.1, 0.15) is 22.3 Å². The van der Waals surface area contributed by atoms with E-state index in [1.54, 1.807) is 30.3 Å². The summed E-state index contributed by atoms with van der Waals surface area (Å²) in [5, 5.41) is 2.25. The van der Waals surface area contributed by atoms with Gasteiger partial charge < -0.3 is 9.47 Å². The summed E-state index contributed by atoms with van der Waals surface area (Å²) in [7, 11) is 1.52. The van der Waals surface area contributed by atoms with Crippen LogP contribution in [0.5, 0.6) is 11.5 Å². The second-order valence-electron chi connectivity index (χ2n) is 8.13. The number of benzene rings is 3. The second-order valence-corrected chi connectivity index (χ2v) is 9.37. The maximum atomic E-state index is 13.2. The lowest BCUT2D eigenvalue weighted by Gasteiger charge is -2.27. The van der Waals surface area contributed by atoms with E-state index in [4.69, 9.17) is 9.47 Å².